The first-order valence-electron chi connectivity index (χ1n) is 7.90. The van der Waals surface area contributed by atoms with Gasteiger partial charge >= 0.3 is 0 Å². The third-order valence-electron chi connectivity index (χ3n) is 3.55. The second kappa shape index (κ2) is 7.93. The molecule has 1 aromatic heterocycles. The van der Waals surface area contributed by atoms with E-state index in [9.17, 15) is 9.18 Å². The molecule has 3 aromatic rings. The maximum atomic E-state index is 13.0. The minimum absolute atomic E-state index is 0.246. The monoisotopic (exact) mass is 370 g/mol. The maximum Gasteiger partial charge on any atom is 0.270 e. The molecule has 0 radical (unpaired) electrons. The van der Waals surface area contributed by atoms with Crippen molar-refractivity contribution in [2.75, 3.05) is 5.32 Å². The highest BCUT2D eigenvalue weighted by molar-refractivity contribution is 6.30. The smallest absolute Gasteiger partial charge is 0.270 e. The summed E-state index contributed by atoms with van der Waals surface area (Å²) in [5, 5.41) is 6.42. The van der Waals surface area contributed by atoms with E-state index < -0.39 is 0 Å². The number of carbonyl (C=O) groups is 1. The van der Waals surface area contributed by atoms with Crippen LogP contribution in [0.15, 0.2) is 54.6 Å². The van der Waals surface area contributed by atoms with E-state index in [4.69, 9.17) is 11.6 Å². The predicted molar refractivity (Wildman–Crippen MR) is 99.1 cm³/mol. The molecule has 132 valence electrons. The number of benzene rings is 2. The van der Waals surface area contributed by atoms with Gasteiger partial charge in [-0.2, -0.15) is 0 Å². The molecule has 2 N–H and O–H groups in total. The van der Waals surface area contributed by atoms with E-state index in [1.165, 1.54) is 12.1 Å². The molecule has 5 nitrogen and oxygen atoms in total. The Balaban J connectivity index is 1.70. The molecule has 26 heavy (non-hydrogen) atoms. The average molecular weight is 371 g/mol. The van der Waals surface area contributed by atoms with Crippen LogP contribution in [0.2, 0.25) is 5.02 Å². The second-order valence-electron chi connectivity index (χ2n) is 5.66. The normalized spacial score (nSPS) is 10.4. The Bertz CT molecular complexity index is 914. The molecule has 0 saturated carbocycles. The summed E-state index contributed by atoms with van der Waals surface area (Å²) in [7, 11) is 0. The number of amides is 1. The summed E-state index contributed by atoms with van der Waals surface area (Å²) in [5.74, 6) is -0.371. The van der Waals surface area contributed by atoms with Crippen molar-refractivity contribution in [3.8, 4) is 0 Å². The number of nitrogens with zero attached hydrogens (tertiary/aromatic N) is 2. The maximum absolute atomic E-state index is 13.0. The number of aromatic nitrogens is 2. The average Bonchev–Trinajstić information content (AvgIpc) is 2.62. The molecular formula is C19H16ClFN4O. The van der Waals surface area contributed by atoms with E-state index >= 15 is 0 Å². The number of anilines is 2. The summed E-state index contributed by atoms with van der Waals surface area (Å²) < 4.78 is 13.0. The minimum atomic E-state index is -0.331. The molecule has 0 aliphatic carbocycles. The van der Waals surface area contributed by atoms with Crippen molar-refractivity contribution in [1.29, 1.82) is 0 Å². The lowest BCUT2D eigenvalue weighted by atomic mass is 10.2. The van der Waals surface area contributed by atoms with Gasteiger partial charge in [-0.3, -0.25) is 4.79 Å². The minimum Gasteiger partial charge on any atom is -0.347 e. The lowest BCUT2D eigenvalue weighted by Crippen LogP contribution is -2.24. The van der Waals surface area contributed by atoms with Gasteiger partial charge in [0.2, 0.25) is 5.95 Å². The zero-order chi connectivity index (χ0) is 18.5. The summed E-state index contributed by atoms with van der Waals surface area (Å²) >= 11 is 5.85. The first-order chi connectivity index (χ1) is 12.5. The van der Waals surface area contributed by atoms with Crippen LogP contribution >= 0.6 is 11.6 Å². The number of carbonyl (C=O) groups excluding carboxylic acids is 1. The highest BCUT2D eigenvalue weighted by Gasteiger charge is 2.11. The fourth-order valence-corrected chi connectivity index (χ4v) is 2.40. The van der Waals surface area contributed by atoms with E-state index in [0.29, 0.717) is 22.9 Å². The molecule has 2 aromatic carbocycles. The zero-order valence-corrected chi connectivity index (χ0v) is 14.7. The highest BCUT2D eigenvalue weighted by atomic mass is 35.5. The van der Waals surface area contributed by atoms with Gasteiger partial charge in [0.05, 0.1) is 0 Å². The predicted octanol–water partition coefficient (Wildman–Crippen LogP) is 4.25. The van der Waals surface area contributed by atoms with Crippen LogP contribution in [0.3, 0.4) is 0 Å². The van der Waals surface area contributed by atoms with Crippen molar-refractivity contribution in [3.63, 3.8) is 0 Å². The molecule has 0 unspecified atom stereocenters. The quantitative estimate of drug-likeness (QED) is 0.704. The molecule has 0 aliphatic rings. The van der Waals surface area contributed by atoms with Crippen LogP contribution in [-0.2, 0) is 6.54 Å². The van der Waals surface area contributed by atoms with E-state index in [1.807, 2.05) is 12.1 Å². The van der Waals surface area contributed by atoms with Crippen LogP contribution in [0.1, 0.15) is 21.7 Å². The third kappa shape index (κ3) is 4.77. The zero-order valence-electron chi connectivity index (χ0n) is 14.0. The molecule has 0 fully saturated rings. The van der Waals surface area contributed by atoms with Gasteiger partial charge in [-0.25, -0.2) is 14.4 Å². The van der Waals surface area contributed by atoms with E-state index in [2.05, 4.69) is 20.6 Å². The second-order valence-corrected chi connectivity index (χ2v) is 6.10. The fraction of sp³-hybridized carbons (Fsp3) is 0.105. The van der Waals surface area contributed by atoms with Gasteiger partial charge in [0, 0.05) is 22.9 Å². The molecule has 0 spiro atoms. The molecule has 0 saturated heterocycles. The lowest BCUT2D eigenvalue weighted by molar-refractivity contribution is 0.0945. The molecule has 0 aliphatic heterocycles. The van der Waals surface area contributed by atoms with Gasteiger partial charge in [-0.05, 0) is 55.0 Å². The lowest BCUT2D eigenvalue weighted by Gasteiger charge is -2.09. The number of aryl methyl sites for hydroxylation is 1. The Labute approximate surface area is 155 Å². The van der Waals surface area contributed by atoms with Crippen LogP contribution in [0.25, 0.3) is 0 Å². The van der Waals surface area contributed by atoms with Gasteiger partial charge in [0.15, 0.2) is 0 Å². The summed E-state index contributed by atoms with van der Waals surface area (Å²) in [6, 6.07) is 14.6. The Morgan fingerprint density at radius 3 is 2.46 bits per heavy atom. The standard InChI is InChI=1S/C19H16ClFN4O/c1-12-10-17(18(26)22-11-13-2-4-14(20)5-3-13)25-19(23-12)24-16-8-6-15(21)7-9-16/h2-10H,11H2,1H3,(H,22,26)(H,23,24,25). The van der Waals surface area contributed by atoms with Gasteiger partial charge < -0.3 is 10.6 Å². The Morgan fingerprint density at radius 1 is 1.08 bits per heavy atom. The molecule has 7 heteroatoms. The number of rotatable bonds is 5. The summed E-state index contributed by atoms with van der Waals surface area (Å²) in [6.45, 7) is 2.13. The molecule has 0 atom stereocenters. The van der Waals surface area contributed by atoms with Crippen molar-refractivity contribution < 1.29 is 9.18 Å². The number of hydrogen-bond acceptors (Lipinski definition) is 4. The fourth-order valence-electron chi connectivity index (χ4n) is 2.28. The molecule has 1 amide bonds. The van der Waals surface area contributed by atoms with Gasteiger partial charge in [-0.1, -0.05) is 23.7 Å². The topological polar surface area (TPSA) is 66.9 Å². The largest absolute Gasteiger partial charge is 0.347 e. The van der Waals surface area contributed by atoms with Crippen LogP contribution in [-0.4, -0.2) is 15.9 Å². The SMILES string of the molecule is Cc1cc(C(=O)NCc2ccc(Cl)cc2)nc(Nc2ccc(F)cc2)n1. The molecule has 3 rings (SSSR count). The van der Waals surface area contributed by atoms with Crippen LogP contribution in [0, 0.1) is 12.7 Å². The van der Waals surface area contributed by atoms with E-state index in [1.54, 1.807) is 37.3 Å². The summed E-state index contributed by atoms with van der Waals surface area (Å²) in [4.78, 5) is 20.9. The molecular weight excluding hydrogens is 355 g/mol. The molecule has 0 bridgehead atoms. The van der Waals surface area contributed by atoms with Crippen LogP contribution in [0.5, 0.6) is 0 Å². The van der Waals surface area contributed by atoms with Crippen LogP contribution < -0.4 is 10.6 Å². The summed E-state index contributed by atoms with van der Waals surface area (Å²) in [5.41, 5.74) is 2.44. The van der Waals surface area contributed by atoms with E-state index in [0.717, 1.165) is 5.56 Å². The van der Waals surface area contributed by atoms with Crippen molar-refractivity contribution >= 4 is 29.1 Å². The van der Waals surface area contributed by atoms with Crippen molar-refractivity contribution in [2.24, 2.45) is 0 Å². The van der Waals surface area contributed by atoms with Gasteiger partial charge in [0.25, 0.3) is 5.91 Å². The van der Waals surface area contributed by atoms with Crippen molar-refractivity contribution in [3.05, 3.63) is 82.4 Å². The first kappa shape index (κ1) is 17.8. The van der Waals surface area contributed by atoms with Gasteiger partial charge in [0.1, 0.15) is 11.5 Å². The van der Waals surface area contributed by atoms with Gasteiger partial charge in [-0.15, -0.1) is 0 Å². The number of nitrogens with one attached hydrogen (secondary N) is 2. The summed E-state index contributed by atoms with van der Waals surface area (Å²) in [6.07, 6.45) is 0. The van der Waals surface area contributed by atoms with E-state index in [-0.39, 0.29) is 23.4 Å². The van der Waals surface area contributed by atoms with Crippen molar-refractivity contribution in [1.82, 2.24) is 15.3 Å². The Hall–Kier alpha value is -2.99. The Morgan fingerprint density at radius 2 is 1.77 bits per heavy atom. The van der Waals surface area contributed by atoms with Crippen molar-refractivity contribution in [2.45, 2.75) is 13.5 Å². The first-order valence-corrected chi connectivity index (χ1v) is 8.28. The molecule has 1 heterocycles. The number of hydrogen-bond donors (Lipinski definition) is 2. The Kier molecular flexibility index (Phi) is 5.43. The van der Waals surface area contributed by atoms with Crippen LogP contribution in [0.4, 0.5) is 16.0 Å². The highest BCUT2D eigenvalue weighted by Crippen LogP contribution is 2.15. The third-order valence-corrected chi connectivity index (χ3v) is 3.81. The number of halogens is 2.